The normalized spacial score (nSPS) is 16.6. The molecule has 0 saturated carbocycles. The third-order valence-electron chi connectivity index (χ3n) is 5.19. The largest absolute Gasteiger partial charge is 0.445 e. The van der Waals surface area contributed by atoms with Gasteiger partial charge in [-0.25, -0.2) is 14.2 Å². The fourth-order valence-corrected chi connectivity index (χ4v) is 3.62. The Morgan fingerprint density at radius 2 is 2.03 bits per heavy atom. The summed E-state index contributed by atoms with van der Waals surface area (Å²) in [7, 11) is 0. The Morgan fingerprint density at radius 1 is 1.23 bits per heavy atom. The van der Waals surface area contributed by atoms with E-state index in [4.69, 9.17) is 4.42 Å². The molecule has 8 nitrogen and oxygen atoms in total. The lowest BCUT2D eigenvalue weighted by Crippen LogP contribution is -2.42. The molecule has 3 aromatic rings. The minimum Gasteiger partial charge on any atom is -0.445 e. The first-order valence-electron chi connectivity index (χ1n) is 9.74. The van der Waals surface area contributed by atoms with E-state index in [1.54, 1.807) is 23.2 Å². The van der Waals surface area contributed by atoms with Gasteiger partial charge in [0.1, 0.15) is 18.1 Å². The van der Waals surface area contributed by atoms with Gasteiger partial charge >= 0.3 is 5.69 Å². The Bertz CT molecular complexity index is 1150. The number of rotatable bonds is 5. The average Bonchev–Trinajstić information content (AvgIpc) is 3.20. The molecule has 1 unspecified atom stereocenters. The van der Waals surface area contributed by atoms with Crippen molar-refractivity contribution in [3.05, 3.63) is 86.6 Å². The zero-order valence-corrected chi connectivity index (χ0v) is 16.2. The molecule has 156 valence electrons. The van der Waals surface area contributed by atoms with Crippen LogP contribution < -0.4 is 11.2 Å². The van der Waals surface area contributed by atoms with Crippen LogP contribution in [0, 0.1) is 5.82 Å². The number of hydrogen-bond acceptors (Lipinski definition) is 5. The quantitative estimate of drug-likeness (QED) is 0.687. The molecule has 1 aliphatic heterocycles. The first kappa shape index (κ1) is 19.8. The molecule has 0 spiro atoms. The van der Waals surface area contributed by atoms with Gasteiger partial charge in [0.25, 0.3) is 5.56 Å². The molecule has 3 heterocycles. The summed E-state index contributed by atoms with van der Waals surface area (Å²) < 4.78 is 20.1. The molecule has 1 atom stereocenters. The topological polar surface area (TPSA) is 101 Å². The molecule has 0 bridgehead atoms. The maximum absolute atomic E-state index is 13.0. The number of carbonyl (C=O) groups excluding carboxylic acids is 1. The lowest BCUT2D eigenvalue weighted by atomic mass is 9.98. The van der Waals surface area contributed by atoms with Crippen LogP contribution in [0.1, 0.15) is 36.0 Å². The van der Waals surface area contributed by atoms with Crippen molar-refractivity contribution in [3.63, 3.8) is 0 Å². The highest BCUT2D eigenvalue weighted by Gasteiger charge is 2.28. The van der Waals surface area contributed by atoms with Crippen LogP contribution in [-0.4, -0.2) is 38.4 Å². The van der Waals surface area contributed by atoms with Gasteiger partial charge < -0.3 is 9.32 Å². The highest BCUT2D eigenvalue weighted by Crippen LogP contribution is 2.27. The lowest BCUT2D eigenvalue weighted by molar-refractivity contribution is -0.133. The van der Waals surface area contributed by atoms with E-state index in [0.29, 0.717) is 31.2 Å². The number of nitrogens with zero attached hydrogens (tertiary/aromatic N) is 3. The van der Waals surface area contributed by atoms with E-state index in [1.165, 1.54) is 29.0 Å². The number of aromatic amines is 1. The molecule has 0 radical (unpaired) electrons. The third-order valence-corrected chi connectivity index (χ3v) is 5.19. The van der Waals surface area contributed by atoms with E-state index in [0.717, 1.165) is 18.4 Å². The van der Waals surface area contributed by atoms with Crippen molar-refractivity contribution in [2.45, 2.75) is 31.7 Å². The van der Waals surface area contributed by atoms with E-state index in [2.05, 4.69) is 9.97 Å². The summed E-state index contributed by atoms with van der Waals surface area (Å²) in [6, 6.07) is 7.44. The number of H-pyrrole nitrogens is 1. The van der Waals surface area contributed by atoms with Gasteiger partial charge in [-0.2, -0.15) is 0 Å². The predicted octanol–water partition coefficient (Wildman–Crippen LogP) is 1.66. The van der Waals surface area contributed by atoms with Crippen molar-refractivity contribution >= 4 is 5.91 Å². The fourth-order valence-electron chi connectivity index (χ4n) is 3.62. The van der Waals surface area contributed by atoms with E-state index < -0.39 is 11.2 Å². The lowest BCUT2D eigenvalue weighted by Gasteiger charge is -2.31. The maximum atomic E-state index is 13.0. The van der Waals surface area contributed by atoms with Crippen molar-refractivity contribution in [1.29, 1.82) is 0 Å². The van der Waals surface area contributed by atoms with Gasteiger partial charge in [0.15, 0.2) is 5.89 Å². The number of likely N-dealkylation sites (tertiary alicyclic amines) is 1. The zero-order valence-electron chi connectivity index (χ0n) is 16.2. The molecule has 4 rings (SSSR count). The highest BCUT2D eigenvalue weighted by molar-refractivity contribution is 5.76. The average molecular weight is 412 g/mol. The van der Waals surface area contributed by atoms with Gasteiger partial charge in [0.05, 0.1) is 12.1 Å². The molecule has 1 aromatic carbocycles. The van der Waals surface area contributed by atoms with Gasteiger partial charge in [0.2, 0.25) is 5.91 Å². The minimum absolute atomic E-state index is 0.0306. The van der Waals surface area contributed by atoms with Crippen molar-refractivity contribution < 1.29 is 13.6 Å². The summed E-state index contributed by atoms with van der Waals surface area (Å²) in [4.78, 5) is 43.8. The summed E-state index contributed by atoms with van der Waals surface area (Å²) in [5.74, 6) is 0.739. The number of nitrogens with one attached hydrogen (secondary N) is 1. The number of piperidine rings is 1. The number of carbonyl (C=O) groups is 1. The molecular weight excluding hydrogens is 391 g/mol. The highest BCUT2D eigenvalue weighted by atomic mass is 19.1. The molecule has 0 aliphatic carbocycles. The fraction of sp³-hybridized carbons (Fsp3) is 0.333. The standard InChI is InChI=1S/C21H21FN4O4/c22-16-5-3-14(4-6-16)10-17-11-23-20(30-17)15-2-1-8-25(12-15)19(28)13-26-9-7-18(27)24-21(26)29/h3-7,9,11,15H,1-2,8,10,12-13H2,(H,24,27,29). The Morgan fingerprint density at radius 3 is 2.80 bits per heavy atom. The van der Waals surface area contributed by atoms with Crippen LogP contribution in [0.3, 0.4) is 0 Å². The number of aromatic nitrogens is 3. The summed E-state index contributed by atoms with van der Waals surface area (Å²) in [6.45, 7) is 0.910. The van der Waals surface area contributed by atoms with Crippen molar-refractivity contribution in [1.82, 2.24) is 19.4 Å². The van der Waals surface area contributed by atoms with Gasteiger partial charge in [-0.3, -0.25) is 19.1 Å². The first-order chi connectivity index (χ1) is 14.5. The molecule has 1 fully saturated rings. The number of halogens is 1. The SMILES string of the molecule is O=C(Cn1ccc(=O)[nH]c1=O)N1CCCC(c2ncc(Cc3ccc(F)cc3)o2)C1. The summed E-state index contributed by atoms with van der Waals surface area (Å²) >= 11 is 0. The molecule has 9 heteroatoms. The Hall–Kier alpha value is -3.49. The van der Waals surface area contributed by atoms with Gasteiger partial charge in [-0.15, -0.1) is 0 Å². The summed E-state index contributed by atoms with van der Waals surface area (Å²) in [6.07, 6.45) is 5.14. The number of oxazole rings is 1. The van der Waals surface area contributed by atoms with E-state index in [-0.39, 0.29) is 24.2 Å². The number of benzene rings is 1. The van der Waals surface area contributed by atoms with Crippen LogP contribution in [0.2, 0.25) is 0 Å². The zero-order chi connectivity index (χ0) is 21.1. The van der Waals surface area contributed by atoms with Crippen molar-refractivity contribution in [2.75, 3.05) is 13.1 Å². The Balaban J connectivity index is 1.40. The van der Waals surface area contributed by atoms with Crippen LogP contribution >= 0.6 is 0 Å². The minimum atomic E-state index is -0.609. The first-order valence-corrected chi connectivity index (χ1v) is 9.74. The molecule has 30 heavy (non-hydrogen) atoms. The van der Waals surface area contributed by atoms with Gasteiger partial charge in [0, 0.05) is 31.8 Å². The second kappa shape index (κ2) is 8.48. The third kappa shape index (κ3) is 4.56. The van der Waals surface area contributed by atoms with Gasteiger partial charge in [-0.1, -0.05) is 12.1 Å². The van der Waals surface area contributed by atoms with Crippen LogP contribution in [0.5, 0.6) is 0 Å². The molecule has 1 amide bonds. The van der Waals surface area contributed by atoms with E-state index >= 15 is 0 Å². The van der Waals surface area contributed by atoms with Crippen LogP contribution in [0.25, 0.3) is 0 Å². The van der Waals surface area contributed by atoms with Crippen molar-refractivity contribution in [2.24, 2.45) is 0 Å². The van der Waals surface area contributed by atoms with Crippen molar-refractivity contribution in [3.8, 4) is 0 Å². The molecule has 2 aromatic heterocycles. The van der Waals surface area contributed by atoms with Crippen LogP contribution in [0.4, 0.5) is 4.39 Å². The van der Waals surface area contributed by atoms with E-state index in [1.807, 2.05) is 0 Å². The second-order valence-corrected chi connectivity index (χ2v) is 7.39. The smallest absolute Gasteiger partial charge is 0.328 e. The summed E-state index contributed by atoms with van der Waals surface area (Å²) in [5.41, 5.74) is -0.185. The van der Waals surface area contributed by atoms with E-state index in [9.17, 15) is 18.8 Å². The summed E-state index contributed by atoms with van der Waals surface area (Å²) in [5, 5.41) is 0. The number of hydrogen-bond donors (Lipinski definition) is 1. The Kier molecular flexibility index (Phi) is 5.60. The molecular formula is C21H21FN4O4. The molecule has 1 N–H and O–H groups in total. The van der Waals surface area contributed by atoms with Gasteiger partial charge in [-0.05, 0) is 30.5 Å². The maximum Gasteiger partial charge on any atom is 0.328 e. The number of amides is 1. The van der Waals surface area contributed by atoms with Crippen LogP contribution in [-0.2, 0) is 17.8 Å². The molecule has 1 aliphatic rings. The molecule has 1 saturated heterocycles. The second-order valence-electron chi connectivity index (χ2n) is 7.39. The Labute approximate surface area is 171 Å². The monoisotopic (exact) mass is 412 g/mol. The predicted molar refractivity (Wildman–Crippen MR) is 106 cm³/mol. The van der Waals surface area contributed by atoms with Crippen LogP contribution in [0.15, 0.2) is 56.7 Å².